The summed E-state index contributed by atoms with van der Waals surface area (Å²) in [6, 6.07) is 0.608. The first kappa shape index (κ1) is 15.9. The molecule has 110 valence electrons. The molecule has 0 saturated heterocycles. The number of carbonyl (C=O) groups is 2. The fourth-order valence-electron chi connectivity index (χ4n) is 1.09. The molecule has 0 aliphatic heterocycles. The van der Waals surface area contributed by atoms with E-state index in [2.05, 4.69) is 4.98 Å². The molecule has 1 heterocycles. The summed E-state index contributed by atoms with van der Waals surface area (Å²) in [7, 11) is -3.79. The van der Waals surface area contributed by atoms with Gasteiger partial charge >= 0.3 is 18.1 Å². The number of carboxylic acid groups (broad SMARTS) is 1. The van der Waals surface area contributed by atoms with Crippen molar-refractivity contribution in [1.82, 2.24) is 4.98 Å². The number of halogens is 3. The van der Waals surface area contributed by atoms with Crippen molar-refractivity contribution in [2.45, 2.75) is 11.1 Å². The fraction of sp³-hybridized carbons (Fsp3) is 0.222. The van der Waals surface area contributed by atoms with E-state index in [9.17, 15) is 31.2 Å². The lowest BCUT2D eigenvalue weighted by atomic mass is 10.2. The molecule has 1 aromatic heterocycles. The molecule has 2 N–H and O–H groups in total. The second-order valence-corrected chi connectivity index (χ2v) is 5.61. The topological polar surface area (TPSA) is 113 Å². The molecule has 20 heavy (non-hydrogen) atoms. The minimum Gasteiger partial charge on any atom is -0.478 e. The molecule has 0 unspecified atom stereocenters. The molecular weight excluding hydrogens is 305 g/mol. The van der Waals surface area contributed by atoms with Gasteiger partial charge in [0.15, 0.2) is 9.84 Å². The van der Waals surface area contributed by atoms with Gasteiger partial charge in [0.25, 0.3) is 0 Å². The van der Waals surface area contributed by atoms with E-state index in [-0.39, 0.29) is 0 Å². The third-order valence-corrected chi connectivity index (χ3v) is 3.09. The SMILES string of the molecule is CS(=O)(=O)c1cnc(NC(=O)C(F)(F)F)c(C(=O)O)c1. The van der Waals surface area contributed by atoms with Crippen LogP contribution in [-0.2, 0) is 14.6 Å². The number of amides is 1. The number of aromatic nitrogens is 1. The van der Waals surface area contributed by atoms with Crippen molar-refractivity contribution in [3.8, 4) is 0 Å². The van der Waals surface area contributed by atoms with Gasteiger partial charge in [0.05, 0.1) is 4.90 Å². The van der Waals surface area contributed by atoms with E-state index in [1.54, 1.807) is 0 Å². The van der Waals surface area contributed by atoms with Crippen molar-refractivity contribution in [2.24, 2.45) is 0 Å². The van der Waals surface area contributed by atoms with E-state index in [0.717, 1.165) is 6.26 Å². The quantitative estimate of drug-likeness (QED) is 0.848. The molecule has 0 aliphatic carbocycles. The molecule has 0 radical (unpaired) electrons. The highest BCUT2D eigenvalue weighted by Crippen LogP contribution is 2.21. The summed E-state index contributed by atoms with van der Waals surface area (Å²) >= 11 is 0. The predicted molar refractivity (Wildman–Crippen MR) is 59.0 cm³/mol. The van der Waals surface area contributed by atoms with Crippen LogP contribution >= 0.6 is 0 Å². The molecule has 0 aliphatic rings. The molecule has 1 rings (SSSR count). The van der Waals surface area contributed by atoms with E-state index in [1.165, 1.54) is 5.32 Å². The predicted octanol–water partition coefficient (Wildman–Crippen LogP) is 0.684. The van der Waals surface area contributed by atoms with Crippen molar-refractivity contribution in [3.63, 3.8) is 0 Å². The Morgan fingerprint density at radius 2 is 1.90 bits per heavy atom. The Kier molecular flexibility index (Phi) is 4.03. The van der Waals surface area contributed by atoms with E-state index < -0.39 is 44.2 Å². The van der Waals surface area contributed by atoms with Gasteiger partial charge < -0.3 is 10.4 Å². The Hall–Kier alpha value is -2.17. The summed E-state index contributed by atoms with van der Waals surface area (Å²) in [6.07, 6.45) is -3.82. The first-order valence-electron chi connectivity index (χ1n) is 4.74. The lowest BCUT2D eigenvalue weighted by Gasteiger charge is -2.10. The number of pyridine rings is 1. The highest BCUT2D eigenvalue weighted by atomic mass is 32.2. The Morgan fingerprint density at radius 3 is 2.30 bits per heavy atom. The molecule has 7 nitrogen and oxygen atoms in total. The lowest BCUT2D eigenvalue weighted by Crippen LogP contribution is -2.31. The van der Waals surface area contributed by atoms with Gasteiger partial charge in [-0.1, -0.05) is 0 Å². The largest absolute Gasteiger partial charge is 0.478 e. The van der Waals surface area contributed by atoms with Gasteiger partial charge in [-0.25, -0.2) is 18.2 Å². The van der Waals surface area contributed by atoms with Crippen LogP contribution in [0.2, 0.25) is 0 Å². The zero-order chi connectivity index (χ0) is 15.7. The molecule has 0 atom stereocenters. The van der Waals surface area contributed by atoms with Gasteiger partial charge in [-0.2, -0.15) is 13.2 Å². The van der Waals surface area contributed by atoms with E-state index in [0.29, 0.717) is 12.3 Å². The number of aromatic carboxylic acids is 1. The molecule has 0 aromatic carbocycles. The number of rotatable bonds is 3. The molecule has 1 aromatic rings. The number of sulfone groups is 1. The van der Waals surface area contributed by atoms with Crippen molar-refractivity contribution in [1.29, 1.82) is 0 Å². The van der Waals surface area contributed by atoms with Gasteiger partial charge in [-0.05, 0) is 6.07 Å². The van der Waals surface area contributed by atoms with Crippen molar-refractivity contribution in [2.75, 3.05) is 11.6 Å². The van der Waals surface area contributed by atoms with Crippen molar-refractivity contribution >= 4 is 27.5 Å². The average molecular weight is 312 g/mol. The second kappa shape index (κ2) is 5.07. The molecule has 0 saturated carbocycles. The Morgan fingerprint density at radius 1 is 1.35 bits per heavy atom. The zero-order valence-corrected chi connectivity index (χ0v) is 10.5. The minimum atomic E-state index is -5.23. The highest BCUT2D eigenvalue weighted by Gasteiger charge is 2.39. The number of hydrogen-bond acceptors (Lipinski definition) is 5. The number of hydrogen-bond donors (Lipinski definition) is 2. The van der Waals surface area contributed by atoms with E-state index >= 15 is 0 Å². The lowest BCUT2D eigenvalue weighted by molar-refractivity contribution is -0.167. The first-order chi connectivity index (χ1) is 8.93. The van der Waals surface area contributed by atoms with Crippen LogP contribution < -0.4 is 5.32 Å². The van der Waals surface area contributed by atoms with Crippen LogP contribution in [0, 0.1) is 0 Å². The standard InChI is InChI=1S/C9H7F3N2O5S/c1-20(18,19)4-2-5(7(15)16)6(13-3-4)14-8(17)9(10,11)12/h2-3H,1H3,(H,15,16)(H,13,14,17). The summed E-state index contributed by atoms with van der Waals surface area (Å²) in [6.45, 7) is 0. The molecule has 0 fully saturated rings. The third-order valence-electron chi connectivity index (χ3n) is 2.01. The van der Waals surface area contributed by atoms with Crippen molar-refractivity contribution in [3.05, 3.63) is 17.8 Å². The van der Waals surface area contributed by atoms with Gasteiger partial charge in [-0.15, -0.1) is 0 Å². The molecule has 0 spiro atoms. The third kappa shape index (κ3) is 3.66. The highest BCUT2D eigenvalue weighted by molar-refractivity contribution is 7.90. The molecule has 11 heteroatoms. The van der Waals surface area contributed by atoms with Crippen LogP contribution in [0.25, 0.3) is 0 Å². The Balaban J connectivity index is 3.29. The first-order valence-corrected chi connectivity index (χ1v) is 6.63. The number of carbonyl (C=O) groups excluding carboxylic acids is 1. The average Bonchev–Trinajstić information content (AvgIpc) is 2.26. The Labute approximate surface area is 110 Å². The number of nitrogens with zero attached hydrogens (tertiary/aromatic N) is 1. The van der Waals surface area contributed by atoms with Gasteiger partial charge in [0, 0.05) is 12.5 Å². The van der Waals surface area contributed by atoms with Crippen LogP contribution in [0.4, 0.5) is 19.0 Å². The van der Waals surface area contributed by atoms with Crippen LogP contribution in [-0.4, -0.2) is 42.8 Å². The number of anilines is 1. The number of nitrogens with one attached hydrogen (secondary N) is 1. The zero-order valence-electron chi connectivity index (χ0n) is 9.72. The monoisotopic (exact) mass is 312 g/mol. The Bertz CT molecular complexity index is 669. The van der Waals surface area contributed by atoms with Crippen LogP contribution in [0.15, 0.2) is 17.2 Å². The smallest absolute Gasteiger partial charge is 0.471 e. The second-order valence-electron chi connectivity index (χ2n) is 3.60. The minimum absolute atomic E-state index is 0.500. The molecule has 0 bridgehead atoms. The number of carboxylic acids is 1. The van der Waals surface area contributed by atoms with E-state index in [4.69, 9.17) is 5.11 Å². The summed E-state index contributed by atoms with van der Waals surface area (Å²) in [5.74, 6) is -5.05. The van der Waals surface area contributed by atoms with Gasteiger partial charge in [0.1, 0.15) is 11.4 Å². The maximum Gasteiger partial charge on any atom is 0.471 e. The normalized spacial score (nSPS) is 12.0. The number of alkyl halides is 3. The van der Waals surface area contributed by atoms with Crippen LogP contribution in [0.5, 0.6) is 0 Å². The molecule has 1 amide bonds. The van der Waals surface area contributed by atoms with Gasteiger partial charge in [0.2, 0.25) is 0 Å². The van der Waals surface area contributed by atoms with E-state index in [1.807, 2.05) is 0 Å². The maximum absolute atomic E-state index is 12.1. The van der Waals surface area contributed by atoms with Crippen molar-refractivity contribution < 1.29 is 36.3 Å². The molecular formula is C9H7F3N2O5S. The van der Waals surface area contributed by atoms with Crippen LogP contribution in [0.3, 0.4) is 0 Å². The summed E-state index contributed by atoms with van der Waals surface area (Å²) in [5.41, 5.74) is -0.870. The maximum atomic E-state index is 12.1. The fourth-order valence-corrected chi connectivity index (χ4v) is 1.67. The summed E-state index contributed by atoms with van der Waals surface area (Å²) < 4.78 is 58.6. The summed E-state index contributed by atoms with van der Waals surface area (Å²) in [4.78, 5) is 24.3. The van der Waals surface area contributed by atoms with Gasteiger partial charge in [-0.3, -0.25) is 4.79 Å². The van der Waals surface area contributed by atoms with Crippen LogP contribution in [0.1, 0.15) is 10.4 Å². The summed E-state index contributed by atoms with van der Waals surface area (Å²) in [5, 5.41) is 10.1.